The Labute approximate surface area is 119 Å². The molecule has 4 nitrogen and oxygen atoms in total. The van der Waals surface area contributed by atoms with E-state index in [1.807, 2.05) is 43.3 Å². The minimum Gasteiger partial charge on any atom is -0.497 e. The molecule has 4 heteroatoms. The van der Waals surface area contributed by atoms with Crippen molar-refractivity contribution in [2.24, 2.45) is 0 Å². The van der Waals surface area contributed by atoms with E-state index in [0.29, 0.717) is 12.4 Å². The van der Waals surface area contributed by atoms with Gasteiger partial charge in [-0.1, -0.05) is 12.1 Å². The van der Waals surface area contributed by atoms with Crippen molar-refractivity contribution in [1.29, 1.82) is 0 Å². The maximum Gasteiger partial charge on any atom is 0.130 e. The molecule has 1 atom stereocenters. The van der Waals surface area contributed by atoms with Gasteiger partial charge in [-0.25, -0.2) is 0 Å². The van der Waals surface area contributed by atoms with E-state index in [-0.39, 0.29) is 0 Å². The summed E-state index contributed by atoms with van der Waals surface area (Å²) in [5, 5.41) is 9.55. The highest BCUT2D eigenvalue weighted by atomic mass is 16.5. The lowest BCUT2D eigenvalue weighted by Gasteiger charge is -2.10. The maximum absolute atomic E-state index is 9.55. The number of ether oxygens (including phenoxy) is 2. The summed E-state index contributed by atoms with van der Waals surface area (Å²) in [4.78, 5) is 4.40. The molecular formula is C16H19NO3. The van der Waals surface area contributed by atoms with Crippen LogP contribution in [0.4, 0.5) is 0 Å². The van der Waals surface area contributed by atoms with Crippen molar-refractivity contribution in [1.82, 2.24) is 4.98 Å². The predicted molar refractivity (Wildman–Crippen MR) is 76.9 cm³/mol. The van der Waals surface area contributed by atoms with Crippen LogP contribution >= 0.6 is 0 Å². The van der Waals surface area contributed by atoms with Crippen molar-refractivity contribution in [2.75, 3.05) is 7.11 Å². The lowest BCUT2D eigenvalue weighted by Crippen LogP contribution is -2.01. The molecule has 2 aromatic rings. The van der Waals surface area contributed by atoms with E-state index in [4.69, 9.17) is 9.47 Å². The van der Waals surface area contributed by atoms with Gasteiger partial charge in [-0.2, -0.15) is 0 Å². The Bertz CT molecular complexity index is 582. The first-order valence-electron chi connectivity index (χ1n) is 6.51. The topological polar surface area (TPSA) is 51.6 Å². The zero-order valence-electron chi connectivity index (χ0n) is 12.0. The zero-order valence-corrected chi connectivity index (χ0v) is 12.0. The molecule has 106 valence electrons. The summed E-state index contributed by atoms with van der Waals surface area (Å²) >= 11 is 0. The van der Waals surface area contributed by atoms with E-state index in [2.05, 4.69) is 4.98 Å². The van der Waals surface area contributed by atoms with Crippen molar-refractivity contribution in [3.63, 3.8) is 0 Å². The Morgan fingerprint density at radius 2 is 2.00 bits per heavy atom. The average molecular weight is 273 g/mol. The molecule has 0 spiro atoms. The third kappa shape index (κ3) is 3.71. The van der Waals surface area contributed by atoms with Gasteiger partial charge in [0.2, 0.25) is 0 Å². The Morgan fingerprint density at radius 3 is 2.70 bits per heavy atom. The molecule has 0 saturated heterocycles. The van der Waals surface area contributed by atoms with Crippen LogP contribution < -0.4 is 9.47 Å². The van der Waals surface area contributed by atoms with Crippen LogP contribution in [-0.2, 0) is 6.61 Å². The molecule has 1 unspecified atom stereocenters. The molecule has 2 rings (SSSR count). The summed E-state index contributed by atoms with van der Waals surface area (Å²) in [5.74, 6) is 1.49. The third-order valence-corrected chi connectivity index (χ3v) is 2.94. The van der Waals surface area contributed by atoms with E-state index < -0.39 is 6.10 Å². The smallest absolute Gasteiger partial charge is 0.130 e. The molecule has 0 aliphatic carbocycles. The van der Waals surface area contributed by atoms with E-state index in [0.717, 1.165) is 22.7 Å². The summed E-state index contributed by atoms with van der Waals surface area (Å²) in [7, 11) is 1.63. The van der Waals surface area contributed by atoms with Gasteiger partial charge in [-0.05, 0) is 31.5 Å². The molecule has 1 aromatic heterocycles. The number of hydrogen-bond donors (Lipinski definition) is 1. The van der Waals surface area contributed by atoms with Gasteiger partial charge in [-0.3, -0.25) is 4.98 Å². The van der Waals surface area contributed by atoms with Crippen LogP contribution in [0.5, 0.6) is 11.5 Å². The van der Waals surface area contributed by atoms with Gasteiger partial charge in [0.25, 0.3) is 0 Å². The van der Waals surface area contributed by atoms with E-state index in [1.54, 1.807) is 14.0 Å². The minimum atomic E-state index is -0.504. The number of pyridine rings is 1. The number of rotatable bonds is 5. The highest BCUT2D eigenvalue weighted by Gasteiger charge is 2.04. The molecule has 0 saturated carbocycles. The molecule has 0 fully saturated rings. The number of aryl methyl sites for hydroxylation is 1. The molecule has 0 bridgehead atoms. The monoisotopic (exact) mass is 273 g/mol. The van der Waals surface area contributed by atoms with Gasteiger partial charge < -0.3 is 14.6 Å². The fourth-order valence-electron chi connectivity index (χ4n) is 1.92. The average Bonchev–Trinajstić information content (AvgIpc) is 2.44. The molecule has 20 heavy (non-hydrogen) atoms. The first-order valence-corrected chi connectivity index (χ1v) is 6.51. The molecule has 1 heterocycles. The summed E-state index contributed by atoms with van der Waals surface area (Å²) in [6.07, 6.45) is -0.504. The largest absolute Gasteiger partial charge is 0.497 e. The Morgan fingerprint density at radius 1 is 1.20 bits per heavy atom. The number of hydrogen-bond acceptors (Lipinski definition) is 4. The second kappa shape index (κ2) is 6.39. The number of aliphatic hydroxyl groups excluding tert-OH is 1. The number of aliphatic hydroxyl groups is 1. The first kappa shape index (κ1) is 14.3. The van der Waals surface area contributed by atoms with Crippen molar-refractivity contribution in [2.45, 2.75) is 26.6 Å². The lowest BCUT2D eigenvalue weighted by molar-refractivity contribution is 0.198. The summed E-state index contributed by atoms with van der Waals surface area (Å²) in [6.45, 7) is 4.01. The van der Waals surface area contributed by atoms with Crippen molar-refractivity contribution >= 4 is 0 Å². The number of nitrogens with zero attached hydrogens (tertiary/aromatic N) is 1. The van der Waals surface area contributed by atoms with Gasteiger partial charge in [-0.15, -0.1) is 0 Å². The van der Waals surface area contributed by atoms with Crippen LogP contribution in [0.3, 0.4) is 0 Å². The number of benzene rings is 1. The predicted octanol–water partition coefficient (Wildman–Crippen LogP) is 3.03. The fraction of sp³-hybridized carbons (Fsp3) is 0.312. The van der Waals surface area contributed by atoms with Crippen LogP contribution in [0.2, 0.25) is 0 Å². The Balaban J connectivity index is 2.08. The van der Waals surface area contributed by atoms with Crippen molar-refractivity contribution in [3.8, 4) is 11.5 Å². The summed E-state index contributed by atoms with van der Waals surface area (Å²) < 4.78 is 10.9. The molecule has 0 amide bonds. The highest BCUT2D eigenvalue weighted by molar-refractivity contribution is 5.30. The molecule has 1 N–H and O–H groups in total. The van der Waals surface area contributed by atoms with Gasteiger partial charge in [0.15, 0.2) is 0 Å². The molecular weight excluding hydrogens is 254 g/mol. The molecule has 0 aliphatic rings. The Hall–Kier alpha value is -2.07. The number of methoxy groups -OCH3 is 1. The van der Waals surface area contributed by atoms with Crippen molar-refractivity contribution in [3.05, 3.63) is 53.3 Å². The fourth-order valence-corrected chi connectivity index (χ4v) is 1.92. The normalized spacial score (nSPS) is 12.0. The number of aromatic nitrogens is 1. The second-order valence-electron chi connectivity index (χ2n) is 4.68. The minimum absolute atomic E-state index is 0.362. The summed E-state index contributed by atoms with van der Waals surface area (Å²) in [5.41, 5.74) is 2.53. The quantitative estimate of drug-likeness (QED) is 0.909. The zero-order chi connectivity index (χ0) is 14.5. The summed E-state index contributed by atoms with van der Waals surface area (Å²) in [6, 6.07) is 11.1. The Kier molecular flexibility index (Phi) is 4.58. The maximum atomic E-state index is 9.55. The van der Waals surface area contributed by atoms with E-state index >= 15 is 0 Å². The highest BCUT2D eigenvalue weighted by Crippen LogP contribution is 2.20. The van der Waals surface area contributed by atoms with Crippen LogP contribution in [0.1, 0.15) is 30.0 Å². The second-order valence-corrected chi connectivity index (χ2v) is 4.68. The standard InChI is InChI=1S/C16H19NO3/c1-11-7-16(19-3)9-14(17-11)10-20-15-6-4-5-13(8-15)12(2)18/h4-9,12,18H,10H2,1-3H3. The third-order valence-electron chi connectivity index (χ3n) is 2.94. The van der Waals surface area contributed by atoms with E-state index in [1.165, 1.54) is 0 Å². The van der Waals surface area contributed by atoms with E-state index in [9.17, 15) is 5.11 Å². The van der Waals surface area contributed by atoms with Crippen LogP contribution in [0.25, 0.3) is 0 Å². The van der Waals surface area contributed by atoms with Gasteiger partial charge >= 0.3 is 0 Å². The molecule has 1 aromatic carbocycles. The lowest BCUT2D eigenvalue weighted by atomic mass is 10.1. The first-order chi connectivity index (χ1) is 9.58. The van der Waals surface area contributed by atoms with Crippen LogP contribution in [0, 0.1) is 6.92 Å². The van der Waals surface area contributed by atoms with Crippen LogP contribution in [-0.4, -0.2) is 17.2 Å². The SMILES string of the molecule is COc1cc(C)nc(COc2cccc(C(C)O)c2)c1. The van der Waals surface area contributed by atoms with Gasteiger partial charge in [0, 0.05) is 17.8 Å². The van der Waals surface area contributed by atoms with Gasteiger partial charge in [0.1, 0.15) is 18.1 Å². The molecule has 0 aliphatic heterocycles. The van der Waals surface area contributed by atoms with Crippen LogP contribution in [0.15, 0.2) is 36.4 Å². The van der Waals surface area contributed by atoms with Gasteiger partial charge in [0.05, 0.1) is 18.9 Å². The van der Waals surface area contributed by atoms with Crippen molar-refractivity contribution < 1.29 is 14.6 Å². The molecule has 0 radical (unpaired) electrons.